The number of nitrogens with one attached hydrogen (secondary N) is 1. The number of amides is 2. The molecule has 1 atom stereocenters. The van der Waals surface area contributed by atoms with Crippen LogP contribution in [0, 0.1) is 0 Å². The maximum Gasteiger partial charge on any atom is 0.275 e. The molecule has 0 saturated heterocycles. The van der Waals surface area contributed by atoms with Gasteiger partial charge in [0.2, 0.25) is 5.91 Å². The molecule has 2 aliphatic carbocycles. The third kappa shape index (κ3) is 3.85. The van der Waals surface area contributed by atoms with Crippen LogP contribution in [-0.4, -0.2) is 57.2 Å². The molecule has 2 aliphatic rings. The summed E-state index contributed by atoms with van der Waals surface area (Å²) in [5.74, 6) is -0.515. The molecule has 2 rings (SSSR count). The third-order valence-electron chi connectivity index (χ3n) is 4.37. The number of carbonyl (C=O) groups excluding carboxylic acids is 2. The van der Waals surface area contributed by atoms with Crippen LogP contribution >= 0.6 is 11.9 Å². The van der Waals surface area contributed by atoms with Crippen LogP contribution in [0.4, 0.5) is 0 Å². The minimum absolute atomic E-state index is 0.0284. The second kappa shape index (κ2) is 5.98. The molecular formula is C13H24N4O2S2. The van der Waals surface area contributed by atoms with Crippen LogP contribution < -0.4 is 5.43 Å². The van der Waals surface area contributed by atoms with Crippen molar-refractivity contribution in [1.29, 1.82) is 0 Å². The standard InChI is InChI=1S/C13H24N4O2S2/c1-13(7-8-13)16(21-4)14-11(18)9-12(19)15(2)17(3,20)10-5-6-10/h10H,5-9H2,1-4H3,(H,14,18). The summed E-state index contributed by atoms with van der Waals surface area (Å²) in [5, 5.41) is 1.49. The van der Waals surface area contributed by atoms with E-state index in [-0.39, 0.29) is 27.8 Å². The van der Waals surface area contributed by atoms with E-state index >= 15 is 0 Å². The monoisotopic (exact) mass is 332 g/mol. The zero-order valence-corrected chi connectivity index (χ0v) is 14.7. The molecule has 0 aromatic heterocycles. The van der Waals surface area contributed by atoms with Gasteiger partial charge in [-0.2, -0.15) is 4.41 Å². The van der Waals surface area contributed by atoms with Gasteiger partial charge in [-0.15, -0.1) is 0 Å². The maximum absolute atomic E-state index is 12.2. The van der Waals surface area contributed by atoms with E-state index in [0.29, 0.717) is 6.04 Å². The van der Waals surface area contributed by atoms with E-state index in [9.17, 15) is 9.59 Å². The van der Waals surface area contributed by atoms with E-state index in [0.717, 1.165) is 25.7 Å². The zero-order valence-electron chi connectivity index (χ0n) is 13.1. The lowest BCUT2D eigenvalue weighted by Gasteiger charge is -2.46. The zero-order chi connectivity index (χ0) is 15.8. The van der Waals surface area contributed by atoms with Crippen LogP contribution in [-0.2, 0) is 22.4 Å². The smallest absolute Gasteiger partial charge is 0.275 e. The molecule has 21 heavy (non-hydrogen) atoms. The number of hydrogen-bond donors (Lipinski definition) is 1. The fourth-order valence-corrected chi connectivity index (χ4v) is 3.33. The summed E-state index contributed by atoms with van der Waals surface area (Å²) in [5.41, 5.74) is 2.85. The number of nitrogens with zero attached hydrogens (tertiary/aromatic N) is 3. The highest BCUT2D eigenvalue weighted by Gasteiger charge is 2.45. The predicted octanol–water partition coefficient (Wildman–Crippen LogP) is 0.984. The molecule has 6 nitrogen and oxygen atoms in total. The molecule has 0 radical (unpaired) electrons. The Kier molecular flexibility index (Phi) is 4.82. The molecular weight excluding hydrogens is 308 g/mol. The molecule has 1 N–H and O–H groups in total. The van der Waals surface area contributed by atoms with Crippen molar-refractivity contribution in [3.8, 4) is 0 Å². The normalized spacial score (nSPS) is 22.6. The van der Waals surface area contributed by atoms with Gasteiger partial charge in [-0.05, 0) is 26.0 Å². The minimum atomic E-state index is -0.278. The molecule has 0 bridgehead atoms. The van der Waals surface area contributed by atoms with Gasteiger partial charge < -0.3 is 16.8 Å². The van der Waals surface area contributed by atoms with Gasteiger partial charge in [-0.25, -0.2) is 5.01 Å². The number of rotatable bonds is 7. The van der Waals surface area contributed by atoms with Gasteiger partial charge in [0.25, 0.3) is 5.91 Å². The Hall–Kier alpha value is -0.440. The highest BCUT2D eigenvalue weighted by molar-refractivity contribution is 7.96. The molecule has 2 saturated carbocycles. The van der Waals surface area contributed by atoms with E-state index < -0.39 is 0 Å². The van der Waals surface area contributed by atoms with Crippen LogP contribution in [0.15, 0.2) is 0 Å². The van der Waals surface area contributed by atoms with Gasteiger partial charge in [0, 0.05) is 18.4 Å². The summed E-state index contributed by atoms with van der Waals surface area (Å²) in [6, 6.07) is 0.324. The SMILES string of the molecule is CSN(NC(=O)CC(=O)N(C)[N+](C)([S-])C1CC1)C1(C)CC1. The Morgan fingerprint density at radius 3 is 2.43 bits per heavy atom. The van der Waals surface area contributed by atoms with E-state index in [2.05, 4.69) is 12.3 Å². The molecule has 0 aliphatic heterocycles. The van der Waals surface area contributed by atoms with Crippen molar-refractivity contribution >= 4 is 36.6 Å². The molecule has 120 valence electrons. The molecule has 0 aromatic rings. The summed E-state index contributed by atoms with van der Waals surface area (Å²) in [7, 11) is 3.51. The van der Waals surface area contributed by atoms with Crippen LogP contribution in [0.5, 0.6) is 0 Å². The third-order valence-corrected chi connectivity index (χ3v) is 5.81. The Morgan fingerprint density at radius 2 is 2.00 bits per heavy atom. The van der Waals surface area contributed by atoms with Crippen molar-refractivity contribution < 1.29 is 13.6 Å². The quantitative estimate of drug-likeness (QED) is 0.248. The topological polar surface area (TPSA) is 52.7 Å². The van der Waals surface area contributed by atoms with Crippen molar-refractivity contribution in [2.24, 2.45) is 0 Å². The Morgan fingerprint density at radius 1 is 1.43 bits per heavy atom. The first-order valence-electron chi connectivity index (χ1n) is 7.19. The summed E-state index contributed by atoms with van der Waals surface area (Å²) in [6.45, 7) is 2.10. The Labute approximate surface area is 136 Å². The van der Waals surface area contributed by atoms with Gasteiger partial charge in [0.15, 0.2) is 0 Å². The fraction of sp³-hybridized carbons (Fsp3) is 0.846. The summed E-state index contributed by atoms with van der Waals surface area (Å²) >= 11 is 6.93. The van der Waals surface area contributed by atoms with Crippen molar-refractivity contribution in [2.45, 2.75) is 50.6 Å². The Balaban J connectivity index is 1.85. The molecule has 1 unspecified atom stereocenters. The highest BCUT2D eigenvalue weighted by Crippen LogP contribution is 2.42. The van der Waals surface area contributed by atoms with Gasteiger partial charge in [-0.3, -0.25) is 15.0 Å². The average Bonchev–Trinajstić information content (AvgIpc) is 3.29. The number of hydrogen-bond acceptors (Lipinski definition) is 5. The molecule has 2 fully saturated rings. The Bertz CT molecular complexity index is 436. The van der Waals surface area contributed by atoms with Gasteiger partial charge in [-0.1, -0.05) is 11.9 Å². The first-order valence-corrected chi connectivity index (χ1v) is 8.73. The first-order chi connectivity index (χ1) is 9.70. The number of hydrazine groups is 1. The van der Waals surface area contributed by atoms with E-state index in [4.69, 9.17) is 12.8 Å². The summed E-state index contributed by atoms with van der Waals surface area (Å²) in [6.07, 6.45) is 5.96. The lowest BCUT2D eigenvalue weighted by Crippen LogP contribution is -2.56. The highest BCUT2D eigenvalue weighted by atomic mass is 32.2. The summed E-state index contributed by atoms with van der Waals surface area (Å²) in [4.78, 5) is 24.3. The second-order valence-corrected chi connectivity index (χ2v) is 7.75. The van der Waals surface area contributed by atoms with Crippen molar-refractivity contribution in [1.82, 2.24) is 14.8 Å². The van der Waals surface area contributed by atoms with Crippen LogP contribution in [0.2, 0.25) is 0 Å². The summed E-state index contributed by atoms with van der Waals surface area (Å²) < 4.78 is 1.97. The first kappa shape index (κ1) is 16.9. The van der Waals surface area contributed by atoms with Gasteiger partial charge in [0.1, 0.15) is 6.42 Å². The maximum atomic E-state index is 12.2. The average molecular weight is 332 g/mol. The predicted molar refractivity (Wildman–Crippen MR) is 85.1 cm³/mol. The van der Waals surface area contributed by atoms with Crippen molar-refractivity contribution in [3.63, 3.8) is 0 Å². The molecule has 0 spiro atoms. The largest absolute Gasteiger partial charge is 0.463 e. The van der Waals surface area contributed by atoms with Crippen molar-refractivity contribution in [2.75, 3.05) is 20.4 Å². The minimum Gasteiger partial charge on any atom is -0.463 e. The van der Waals surface area contributed by atoms with E-state index in [1.54, 1.807) is 7.05 Å². The van der Waals surface area contributed by atoms with Crippen molar-refractivity contribution in [3.05, 3.63) is 0 Å². The lowest BCUT2D eigenvalue weighted by molar-refractivity contribution is -0.892. The fourth-order valence-electron chi connectivity index (χ4n) is 2.21. The molecule has 0 heterocycles. The number of quaternary nitrogens is 1. The van der Waals surface area contributed by atoms with Crippen LogP contribution in [0.1, 0.15) is 39.0 Å². The second-order valence-electron chi connectivity index (χ2n) is 6.28. The molecule has 8 heteroatoms. The molecule has 0 aromatic carbocycles. The van der Waals surface area contributed by atoms with Gasteiger partial charge in [0.05, 0.1) is 20.1 Å². The van der Waals surface area contributed by atoms with E-state index in [1.807, 2.05) is 17.7 Å². The van der Waals surface area contributed by atoms with Gasteiger partial charge >= 0.3 is 0 Å². The van der Waals surface area contributed by atoms with E-state index in [1.165, 1.54) is 17.0 Å². The molecule has 2 amide bonds. The lowest BCUT2D eigenvalue weighted by atomic mass is 10.3. The van der Waals surface area contributed by atoms with Crippen LogP contribution in [0.3, 0.4) is 0 Å². The number of carbonyl (C=O) groups is 2. The van der Waals surface area contributed by atoms with Crippen LogP contribution in [0.25, 0.3) is 0 Å².